The monoisotopic (exact) mass is 457 g/mol. The molecule has 0 atom stereocenters. The van der Waals surface area contributed by atoms with Gasteiger partial charge >= 0.3 is 6.43 Å². The van der Waals surface area contributed by atoms with E-state index in [0.29, 0.717) is 40.2 Å². The van der Waals surface area contributed by atoms with Crippen LogP contribution in [0.4, 0.5) is 24.5 Å². The average Bonchev–Trinajstić information content (AvgIpc) is 3.50. The van der Waals surface area contributed by atoms with Gasteiger partial charge in [-0.25, -0.2) is 4.39 Å². The van der Waals surface area contributed by atoms with Crippen molar-refractivity contribution in [3.05, 3.63) is 66.5 Å². The van der Waals surface area contributed by atoms with Gasteiger partial charge in [-0.1, -0.05) is 0 Å². The summed E-state index contributed by atoms with van der Waals surface area (Å²) in [6.45, 7) is 0.0429. The maximum Gasteiger partial charge on any atom is 0.314 e. The van der Waals surface area contributed by atoms with Crippen LogP contribution >= 0.6 is 0 Å². The highest BCUT2D eigenvalue weighted by Crippen LogP contribution is 2.36. The van der Waals surface area contributed by atoms with Crippen LogP contribution in [0.15, 0.2) is 57.9 Å². The maximum atomic E-state index is 14.9. The van der Waals surface area contributed by atoms with E-state index in [0.717, 1.165) is 0 Å². The predicted molar refractivity (Wildman–Crippen MR) is 113 cm³/mol. The van der Waals surface area contributed by atoms with Crippen LogP contribution in [-0.4, -0.2) is 35.7 Å². The molecule has 0 aliphatic carbocycles. The van der Waals surface area contributed by atoms with Gasteiger partial charge in [0, 0.05) is 37.5 Å². The number of aromatic nitrogens is 3. The number of benzene rings is 1. The lowest BCUT2D eigenvalue weighted by Crippen LogP contribution is -2.24. The van der Waals surface area contributed by atoms with Crippen molar-refractivity contribution in [3.8, 4) is 22.6 Å². The van der Waals surface area contributed by atoms with Crippen molar-refractivity contribution in [1.82, 2.24) is 15.2 Å². The number of pyridine rings is 1. The Hall–Kier alpha value is -4.15. The summed E-state index contributed by atoms with van der Waals surface area (Å²) in [5, 5.41) is 6.86. The molecule has 1 aromatic carbocycles. The second-order valence-electron chi connectivity index (χ2n) is 7.24. The van der Waals surface area contributed by atoms with Gasteiger partial charge < -0.3 is 18.6 Å². The molecule has 8 nitrogen and oxygen atoms in total. The van der Waals surface area contributed by atoms with Crippen LogP contribution in [0.3, 0.4) is 0 Å². The molecule has 170 valence electrons. The number of furan rings is 1. The smallest absolute Gasteiger partial charge is 0.314 e. The number of nitrogens with zero attached hydrogens (tertiary/aromatic N) is 5. The van der Waals surface area contributed by atoms with E-state index in [1.165, 1.54) is 29.7 Å². The third-order valence-corrected chi connectivity index (χ3v) is 4.85. The van der Waals surface area contributed by atoms with Crippen LogP contribution in [0.5, 0.6) is 0 Å². The molecule has 0 spiro atoms. The zero-order valence-corrected chi connectivity index (χ0v) is 17.6. The van der Waals surface area contributed by atoms with E-state index >= 15 is 0 Å². The molecule has 33 heavy (non-hydrogen) atoms. The number of carbonyl (C=O) groups is 1. The van der Waals surface area contributed by atoms with Gasteiger partial charge in [-0.2, -0.15) is 8.78 Å². The van der Waals surface area contributed by atoms with E-state index in [-0.39, 0.29) is 12.4 Å². The summed E-state index contributed by atoms with van der Waals surface area (Å²) in [5.74, 6) is -1.39. The third kappa shape index (κ3) is 4.56. The topological polar surface area (TPSA) is 88.5 Å². The molecule has 0 bridgehead atoms. The lowest BCUT2D eigenvalue weighted by atomic mass is 10.1. The van der Waals surface area contributed by atoms with E-state index in [2.05, 4.69) is 15.2 Å². The van der Waals surface area contributed by atoms with Crippen molar-refractivity contribution in [1.29, 1.82) is 0 Å². The molecule has 0 aliphatic rings. The van der Waals surface area contributed by atoms with Crippen molar-refractivity contribution in [2.45, 2.75) is 13.0 Å². The van der Waals surface area contributed by atoms with Crippen LogP contribution in [0.2, 0.25) is 0 Å². The van der Waals surface area contributed by atoms with Crippen molar-refractivity contribution < 1.29 is 26.8 Å². The van der Waals surface area contributed by atoms with E-state index in [4.69, 9.17) is 8.83 Å². The maximum absolute atomic E-state index is 14.9. The number of hydrogen-bond donors (Lipinski definition) is 0. The molecule has 3 aromatic heterocycles. The summed E-state index contributed by atoms with van der Waals surface area (Å²) in [6, 6.07) is 7.71. The molecule has 0 aliphatic heterocycles. The number of amides is 1. The summed E-state index contributed by atoms with van der Waals surface area (Å²) in [6.07, 6.45) is 1.98. The van der Waals surface area contributed by atoms with Gasteiger partial charge in [0.1, 0.15) is 5.82 Å². The Morgan fingerprint density at radius 2 is 1.91 bits per heavy atom. The van der Waals surface area contributed by atoms with Gasteiger partial charge in [-0.05, 0) is 24.3 Å². The molecule has 11 heteroatoms. The van der Waals surface area contributed by atoms with Crippen molar-refractivity contribution >= 4 is 17.8 Å². The van der Waals surface area contributed by atoms with Crippen LogP contribution in [0.25, 0.3) is 22.6 Å². The minimum Gasteiger partial charge on any atom is -0.472 e. The zero-order chi connectivity index (χ0) is 23.5. The Morgan fingerprint density at radius 3 is 2.48 bits per heavy atom. The summed E-state index contributed by atoms with van der Waals surface area (Å²) >= 11 is 0. The highest BCUT2D eigenvalue weighted by atomic mass is 19.3. The van der Waals surface area contributed by atoms with Gasteiger partial charge in [0.15, 0.2) is 0 Å². The number of halogens is 3. The standard InChI is InChI=1S/C22H18F3N5O3/c1-29(2)18-7-16(14-5-6-32-11-14)17(23)8-19(18)30(12-31)10-15-4-3-13(9-26-15)21-27-28-22(33-21)20(24)25/h3-9,11-12,20H,10H2,1-2H3. The quantitative estimate of drug-likeness (QED) is 0.355. The first-order chi connectivity index (χ1) is 15.9. The number of rotatable bonds is 8. The Balaban J connectivity index is 1.61. The number of alkyl halides is 2. The van der Waals surface area contributed by atoms with Crippen LogP contribution < -0.4 is 9.80 Å². The summed E-state index contributed by atoms with van der Waals surface area (Å²) in [7, 11) is 3.56. The zero-order valence-electron chi connectivity index (χ0n) is 17.6. The van der Waals surface area contributed by atoms with E-state index < -0.39 is 18.1 Å². The van der Waals surface area contributed by atoms with Gasteiger partial charge in [0.2, 0.25) is 12.3 Å². The van der Waals surface area contributed by atoms with Gasteiger partial charge in [-0.15, -0.1) is 10.2 Å². The molecule has 4 aromatic rings. The molecule has 0 radical (unpaired) electrons. The molecule has 0 unspecified atom stereocenters. The Bertz CT molecular complexity index is 1240. The molecule has 0 N–H and O–H groups in total. The van der Waals surface area contributed by atoms with Crippen molar-refractivity contribution in [2.75, 3.05) is 23.9 Å². The van der Waals surface area contributed by atoms with E-state index in [1.807, 2.05) is 0 Å². The van der Waals surface area contributed by atoms with Crippen LogP contribution in [0.1, 0.15) is 18.0 Å². The minimum atomic E-state index is -2.87. The lowest BCUT2D eigenvalue weighted by Gasteiger charge is -2.25. The summed E-state index contributed by atoms with van der Waals surface area (Å²) < 4.78 is 50.1. The molecule has 0 saturated heterocycles. The molecule has 3 heterocycles. The Morgan fingerprint density at radius 1 is 1.09 bits per heavy atom. The van der Waals surface area contributed by atoms with Crippen molar-refractivity contribution in [3.63, 3.8) is 0 Å². The molecule has 0 fully saturated rings. The number of carbonyl (C=O) groups excluding carboxylic acids is 1. The lowest BCUT2D eigenvalue weighted by molar-refractivity contribution is -0.107. The molecule has 0 saturated carbocycles. The van der Waals surface area contributed by atoms with Gasteiger partial charge in [-0.3, -0.25) is 9.78 Å². The molecule has 4 rings (SSSR count). The van der Waals surface area contributed by atoms with Crippen molar-refractivity contribution in [2.24, 2.45) is 0 Å². The SMILES string of the molecule is CN(C)c1cc(-c2ccoc2)c(F)cc1N(C=O)Cc1ccc(-c2nnc(C(F)F)o2)cn1. The normalized spacial score (nSPS) is 11.1. The average molecular weight is 457 g/mol. The fourth-order valence-electron chi connectivity index (χ4n) is 3.22. The number of hydrogen-bond acceptors (Lipinski definition) is 7. The van der Waals surface area contributed by atoms with E-state index in [1.54, 1.807) is 43.3 Å². The predicted octanol–water partition coefficient (Wildman–Crippen LogP) is 4.70. The second kappa shape index (κ2) is 9.15. The van der Waals surface area contributed by atoms with Crippen LogP contribution in [0, 0.1) is 5.82 Å². The first-order valence-corrected chi connectivity index (χ1v) is 9.69. The van der Waals surface area contributed by atoms with Gasteiger partial charge in [0.25, 0.3) is 5.89 Å². The highest BCUT2D eigenvalue weighted by molar-refractivity contribution is 5.87. The molecular weight excluding hydrogens is 439 g/mol. The molecule has 1 amide bonds. The fourth-order valence-corrected chi connectivity index (χ4v) is 3.22. The van der Waals surface area contributed by atoms with E-state index in [9.17, 15) is 18.0 Å². The number of anilines is 2. The Labute approximate surface area is 186 Å². The summed E-state index contributed by atoms with van der Waals surface area (Å²) in [5.41, 5.74) is 2.70. The minimum absolute atomic E-state index is 0.0429. The van der Waals surface area contributed by atoms with Crippen LogP contribution in [-0.2, 0) is 11.3 Å². The van der Waals surface area contributed by atoms with Gasteiger partial charge in [0.05, 0.1) is 41.7 Å². The largest absolute Gasteiger partial charge is 0.472 e. The first-order valence-electron chi connectivity index (χ1n) is 9.69. The summed E-state index contributed by atoms with van der Waals surface area (Å²) in [4.78, 5) is 19.2. The Kier molecular flexibility index (Phi) is 6.11. The molecular formula is C22H18F3N5O3. The fraction of sp³-hybridized carbons (Fsp3) is 0.182. The second-order valence-corrected chi connectivity index (χ2v) is 7.24. The first kappa shape index (κ1) is 22.1. The third-order valence-electron chi connectivity index (χ3n) is 4.85. The highest BCUT2D eigenvalue weighted by Gasteiger charge is 2.20.